The van der Waals surface area contributed by atoms with Gasteiger partial charge in [0, 0.05) is 13.2 Å². The minimum absolute atomic E-state index is 0.0179. The molecule has 0 bridgehead atoms. The number of ether oxygens (including phenoxy) is 1. The number of para-hydroxylation sites is 1. The number of hydrogen-bond donors (Lipinski definition) is 1. The molecule has 1 unspecified atom stereocenters. The summed E-state index contributed by atoms with van der Waals surface area (Å²) in [6.07, 6.45) is 0.445. The number of thioether (sulfide) groups is 1. The molecule has 22 heavy (non-hydrogen) atoms. The largest absolute Gasteiger partial charge is 0.468 e. The van der Waals surface area contributed by atoms with Crippen LogP contribution in [0.25, 0.3) is 10.9 Å². The molecule has 118 valence electrons. The first-order valence-corrected chi connectivity index (χ1v) is 7.81. The standard InChI is InChI=1S/C15H18N2O4S/c1-10(14(20)21-2)22-15-16-12-7-4-3-6-11(12)13(19)17(15)8-5-9-18/h3-4,6-7,10,18H,5,8-9H2,1-2H3. The van der Waals surface area contributed by atoms with Crippen molar-refractivity contribution in [2.45, 2.75) is 30.3 Å². The van der Waals surface area contributed by atoms with Gasteiger partial charge in [-0.05, 0) is 25.5 Å². The van der Waals surface area contributed by atoms with Gasteiger partial charge in [0.1, 0.15) is 5.25 Å². The second-order valence-corrected chi connectivity index (χ2v) is 6.04. The average molecular weight is 322 g/mol. The highest BCUT2D eigenvalue weighted by atomic mass is 32.2. The van der Waals surface area contributed by atoms with Crippen LogP contribution in [0.5, 0.6) is 0 Å². The fourth-order valence-electron chi connectivity index (χ4n) is 2.04. The van der Waals surface area contributed by atoms with Crippen molar-refractivity contribution in [3.63, 3.8) is 0 Å². The Bertz CT molecular complexity index is 729. The van der Waals surface area contributed by atoms with E-state index in [9.17, 15) is 9.59 Å². The number of aliphatic hydroxyl groups excluding tert-OH is 1. The average Bonchev–Trinajstić information content (AvgIpc) is 2.53. The zero-order valence-electron chi connectivity index (χ0n) is 12.5. The third kappa shape index (κ3) is 3.48. The SMILES string of the molecule is COC(=O)C(C)Sc1nc2ccccc2c(=O)n1CCCO. The molecule has 0 aliphatic rings. The lowest BCUT2D eigenvalue weighted by Crippen LogP contribution is -2.25. The lowest BCUT2D eigenvalue weighted by Gasteiger charge is -2.15. The maximum atomic E-state index is 12.6. The van der Waals surface area contributed by atoms with E-state index in [4.69, 9.17) is 9.84 Å². The van der Waals surface area contributed by atoms with Gasteiger partial charge in [-0.1, -0.05) is 23.9 Å². The van der Waals surface area contributed by atoms with Crippen molar-refractivity contribution < 1.29 is 14.6 Å². The number of rotatable bonds is 6. The smallest absolute Gasteiger partial charge is 0.318 e. The highest BCUT2D eigenvalue weighted by molar-refractivity contribution is 8.00. The first-order valence-electron chi connectivity index (χ1n) is 6.93. The van der Waals surface area contributed by atoms with E-state index in [1.165, 1.54) is 23.4 Å². The molecule has 0 aliphatic heterocycles. The van der Waals surface area contributed by atoms with Crippen molar-refractivity contribution in [1.82, 2.24) is 9.55 Å². The molecule has 1 N–H and O–H groups in total. The molecule has 0 radical (unpaired) electrons. The number of fused-ring (bicyclic) bond motifs is 1. The van der Waals surface area contributed by atoms with Gasteiger partial charge in [0.05, 0.1) is 18.0 Å². The number of aliphatic hydroxyl groups is 1. The fourth-order valence-corrected chi connectivity index (χ4v) is 3.00. The summed E-state index contributed by atoms with van der Waals surface area (Å²) in [6.45, 7) is 2.04. The van der Waals surface area contributed by atoms with Crippen LogP contribution in [0.2, 0.25) is 0 Å². The van der Waals surface area contributed by atoms with E-state index >= 15 is 0 Å². The minimum Gasteiger partial charge on any atom is -0.468 e. The highest BCUT2D eigenvalue weighted by Gasteiger charge is 2.19. The Morgan fingerprint density at radius 2 is 2.18 bits per heavy atom. The Morgan fingerprint density at radius 3 is 2.86 bits per heavy atom. The van der Waals surface area contributed by atoms with Crippen molar-refractivity contribution in [3.05, 3.63) is 34.6 Å². The zero-order chi connectivity index (χ0) is 16.1. The first-order chi connectivity index (χ1) is 10.6. The molecule has 7 heteroatoms. The summed E-state index contributed by atoms with van der Waals surface area (Å²) in [5, 5.41) is 9.52. The Kier molecular flexibility index (Phi) is 5.57. The van der Waals surface area contributed by atoms with Gasteiger partial charge in [-0.25, -0.2) is 4.98 Å². The molecular formula is C15H18N2O4S. The number of carbonyl (C=O) groups is 1. The van der Waals surface area contributed by atoms with Crippen LogP contribution in [0.15, 0.2) is 34.2 Å². The highest BCUT2D eigenvalue weighted by Crippen LogP contribution is 2.23. The van der Waals surface area contributed by atoms with Crippen LogP contribution in [0.4, 0.5) is 0 Å². The van der Waals surface area contributed by atoms with Gasteiger partial charge < -0.3 is 9.84 Å². The summed E-state index contributed by atoms with van der Waals surface area (Å²) >= 11 is 1.18. The van der Waals surface area contributed by atoms with Crippen molar-refractivity contribution in [2.24, 2.45) is 0 Å². The topological polar surface area (TPSA) is 81.4 Å². The summed E-state index contributed by atoms with van der Waals surface area (Å²) in [4.78, 5) is 28.7. The van der Waals surface area contributed by atoms with Crippen molar-refractivity contribution >= 4 is 28.6 Å². The molecule has 2 aromatic rings. The molecular weight excluding hydrogens is 304 g/mol. The predicted molar refractivity (Wildman–Crippen MR) is 85.0 cm³/mol. The van der Waals surface area contributed by atoms with Crippen LogP contribution in [0.1, 0.15) is 13.3 Å². The molecule has 2 rings (SSSR count). The van der Waals surface area contributed by atoms with Crippen molar-refractivity contribution in [3.8, 4) is 0 Å². The third-order valence-corrected chi connectivity index (χ3v) is 4.25. The second-order valence-electron chi connectivity index (χ2n) is 4.73. The van der Waals surface area contributed by atoms with Crippen LogP contribution in [-0.2, 0) is 16.1 Å². The molecule has 0 fully saturated rings. The predicted octanol–water partition coefficient (Wildman–Crippen LogP) is 1.43. The molecule has 0 saturated heterocycles. The second kappa shape index (κ2) is 7.42. The van der Waals surface area contributed by atoms with Gasteiger partial charge in [-0.2, -0.15) is 0 Å². The maximum absolute atomic E-state index is 12.6. The van der Waals surface area contributed by atoms with E-state index < -0.39 is 5.25 Å². The van der Waals surface area contributed by atoms with Crippen molar-refractivity contribution in [2.75, 3.05) is 13.7 Å². The number of benzene rings is 1. The Balaban J connectivity index is 2.49. The zero-order valence-corrected chi connectivity index (χ0v) is 13.3. The lowest BCUT2D eigenvalue weighted by molar-refractivity contribution is -0.139. The van der Waals surface area contributed by atoms with Crippen LogP contribution < -0.4 is 5.56 Å². The monoisotopic (exact) mass is 322 g/mol. The number of esters is 1. The van der Waals surface area contributed by atoms with Gasteiger partial charge in [-0.3, -0.25) is 14.2 Å². The van der Waals surface area contributed by atoms with E-state index in [0.717, 1.165) is 0 Å². The molecule has 1 aromatic carbocycles. The number of aromatic nitrogens is 2. The summed E-state index contributed by atoms with van der Waals surface area (Å²) in [5.74, 6) is -0.374. The van der Waals surface area contributed by atoms with Crippen LogP contribution in [-0.4, -0.2) is 39.6 Å². The van der Waals surface area contributed by atoms with E-state index in [-0.39, 0.29) is 18.1 Å². The van der Waals surface area contributed by atoms with Gasteiger partial charge in [0.25, 0.3) is 5.56 Å². The minimum atomic E-state index is -0.474. The first kappa shape index (κ1) is 16.5. The van der Waals surface area contributed by atoms with Crippen molar-refractivity contribution in [1.29, 1.82) is 0 Å². The Morgan fingerprint density at radius 1 is 1.45 bits per heavy atom. The van der Waals surface area contributed by atoms with Gasteiger partial charge >= 0.3 is 5.97 Å². The molecule has 0 aliphatic carbocycles. The van der Waals surface area contributed by atoms with Crippen LogP contribution in [0, 0.1) is 0 Å². The molecule has 0 spiro atoms. The number of nitrogens with zero attached hydrogens (tertiary/aromatic N) is 2. The summed E-state index contributed by atoms with van der Waals surface area (Å²) in [5.41, 5.74) is 0.422. The third-order valence-electron chi connectivity index (χ3n) is 3.18. The lowest BCUT2D eigenvalue weighted by atomic mass is 10.2. The Hall–Kier alpha value is -1.86. The fraction of sp³-hybridized carbons (Fsp3) is 0.400. The molecule has 0 saturated carbocycles. The summed E-state index contributed by atoms with van der Waals surface area (Å²) in [6, 6.07) is 7.08. The molecule has 1 atom stereocenters. The van der Waals surface area contributed by atoms with E-state index in [2.05, 4.69) is 4.98 Å². The number of hydrogen-bond acceptors (Lipinski definition) is 6. The van der Waals surface area contributed by atoms with Gasteiger partial charge in [0.2, 0.25) is 0 Å². The maximum Gasteiger partial charge on any atom is 0.318 e. The van der Waals surface area contributed by atoms with E-state index in [1.807, 2.05) is 6.07 Å². The van der Waals surface area contributed by atoms with E-state index in [0.29, 0.717) is 29.0 Å². The van der Waals surface area contributed by atoms with Gasteiger partial charge in [0.15, 0.2) is 5.16 Å². The quantitative estimate of drug-likeness (QED) is 0.492. The molecule has 1 heterocycles. The van der Waals surface area contributed by atoms with E-state index in [1.54, 1.807) is 25.1 Å². The molecule has 1 aromatic heterocycles. The summed E-state index contributed by atoms with van der Waals surface area (Å²) in [7, 11) is 1.33. The Labute approximate surface area is 132 Å². The molecule has 6 nitrogen and oxygen atoms in total. The van der Waals surface area contributed by atoms with Crippen LogP contribution in [0.3, 0.4) is 0 Å². The summed E-state index contributed by atoms with van der Waals surface area (Å²) < 4.78 is 6.21. The van der Waals surface area contributed by atoms with Gasteiger partial charge in [-0.15, -0.1) is 0 Å². The number of carbonyl (C=O) groups excluding carboxylic acids is 1. The molecule has 0 amide bonds. The van der Waals surface area contributed by atoms with Crippen LogP contribution >= 0.6 is 11.8 Å². The normalized spacial score (nSPS) is 12.3. The number of methoxy groups -OCH3 is 1.